The molecule has 0 saturated heterocycles. The van der Waals surface area contributed by atoms with Gasteiger partial charge in [-0.1, -0.05) is 0 Å². The Morgan fingerprint density at radius 2 is 1.00 bits per heavy atom. The summed E-state index contributed by atoms with van der Waals surface area (Å²) >= 11 is 2.94. The Balaban J connectivity index is -0.00000000500. The molecule has 0 aliphatic rings. The summed E-state index contributed by atoms with van der Waals surface area (Å²) in [6, 6.07) is 0. The zero-order valence-corrected chi connectivity index (χ0v) is 2.47. The van der Waals surface area contributed by atoms with Crippen LogP contribution in [0.3, 0.4) is 0 Å². The van der Waals surface area contributed by atoms with E-state index in [1.807, 2.05) is 0 Å². The van der Waals surface area contributed by atoms with Gasteiger partial charge < -0.3 is 0 Å². The molecule has 0 N–H and O–H groups in total. The average molecular weight is 120 g/mol. The molecule has 0 radical (unpaired) electrons. The molecule has 0 aromatic rings. The van der Waals surface area contributed by atoms with Crippen molar-refractivity contribution < 1.29 is 29.2 Å². The van der Waals surface area contributed by atoms with Crippen molar-refractivity contribution in [1.29, 1.82) is 0 Å². The Kier molecular flexibility index (Phi) is 3560. The number of hydrogen-bond acceptors (Lipinski definition) is 1. The molecule has 4 heteroatoms. The molecule has 0 saturated carbocycles. The van der Waals surface area contributed by atoms with Crippen LogP contribution in [-0.2, 0) is 19.8 Å². The van der Waals surface area contributed by atoms with E-state index in [9.17, 15) is 0 Å². The first kappa shape index (κ1) is 30.4. The second-order valence-corrected chi connectivity index (χ2v) is 0. The van der Waals surface area contributed by atoms with E-state index in [1.54, 1.807) is 0 Å². The fourth-order valence-corrected chi connectivity index (χ4v) is 0. The predicted molar refractivity (Wildman–Crippen MR) is 5.69 cm³/mol. The minimum absolute atomic E-state index is 0. The average Bonchev–Trinajstić information content (AvgIpc) is 1.00. The topological polar surface area (TPSA) is 17.1 Å². The molecule has 33 valence electrons. The standard InChI is InChI=1S/Cu.2FH.O/h;2*1H;. The van der Waals surface area contributed by atoms with Gasteiger partial charge >= 0.3 is 19.8 Å². The Labute approximate surface area is 30.1 Å². The molecule has 0 rings (SSSR count). The van der Waals surface area contributed by atoms with Crippen LogP contribution in [0.15, 0.2) is 0 Å². The fraction of sp³-hybridized carbons (Fsp3) is 0. The van der Waals surface area contributed by atoms with Gasteiger partial charge in [0.05, 0.1) is 0 Å². The third kappa shape index (κ3) is 94.1. The van der Waals surface area contributed by atoms with Crippen molar-refractivity contribution in [3.05, 3.63) is 0 Å². The monoisotopic (exact) mass is 119 g/mol. The molecule has 0 aliphatic heterocycles. The van der Waals surface area contributed by atoms with Gasteiger partial charge in [0.1, 0.15) is 0 Å². The summed E-state index contributed by atoms with van der Waals surface area (Å²) in [5.74, 6) is 0. The van der Waals surface area contributed by atoms with Crippen LogP contribution in [0.2, 0.25) is 0 Å². The third-order valence-corrected chi connectivity index (χ3v) is 0. The van der Waals surface area contributed by atoms with Crippen LogP contribution in [0.1, 0.15) is 0 Å². The van der Waals surface area contributed by atoms with Gasteiger partial charge in [0.25, 0.3) is 0 Å². The van der Waals surface area contributed by atoms with Crippen LogP contribution < -0.4 is 0 Å². The molecule has 0 bridgehead atoms. The Hall–Kier alpha value is 0.179. The summed E-state index contributed by atoms with van der Waals surface area (Å²) in [5.41, 5.74) is 0. The van der Waals surface area contributed by atoms with Crippen LogP contribution >= 0.6 is 0 Å². The van der Waals surface area contributed by atoms with Gasteiger partial charge in [-0.3, -0.25) is 9.41 Å². The molecular formula is H2CuF2O. The molecule has 1 nitrogen and oxygen atoms in total. The van der Waals surface area contributed by atoms with Crippen molar-refractivity contribution in [3.8, 4) is 0 Å². The quantitative estimate of drug-likeness (QED) is 0.416. The summed E-state index contributed by atoms with van der Waals surface area (Å²) in [6.07, 6.45) is 0. The van der Waals surface area contributed by atoms with Gasteiger partial charge in [0.2, 0.25) is 0 Å². The van der Waals surface area contributed by atoms with Crippen molar-refractivity contribution in [3.63, 3.8) is 0 Å². The van der Waals surface area contributed by atoms with Crippen molar-refractivity contribution in [2.75, 3.05) is 0 Å². The molecular weight excluding hydrogens is 118 g/mol. The van der Waals surface area contributed by atoms with Crippen LogP contribution in [0.25, 0.3) is 0 Å². The molecule has 0 aromatic carbocycles. The Morgan fingerprint density at radius 1 is 1.00 bits per heavy atom. The van der Waals surface area contributed by atoms with E-state index in [2.05, 4.69) is 15.9 Å². The first-order valence-electron chi connectivity index (χ1n) is 0.123. The van der Waals surface area contributed by atoms with Gasteiger partial charge in [-0.2, -0.15) is 0 Å². The zero-order valence-electron chi connectivity index (χ0n) is 1.53. The summed E-state index contributed by atoms with van der Waals surface area (Å²) in [5, 5.41) is 0. The molecule has 0 unspecified atom stereocenters. The van der Waals surface area contributed by atoms with Gasteiger partial charge in [0.15, 0.2) is 0 Å². The van der Waals surface area contributed by atoms with E-state index in [1.165, 1.54) is 0 Å². The van der Waals surface area contributed by atoms with E-state index in [0.29, 0.717) is 0 Å². The van der Waals surface area contributed by atoms with Gasteiger partial charge in [0, 0.05) is 0 Å². The maximum atomic E-state index is 7.81. The van der Waals surface area contributed by atoms with Crippen molar-refractivity contribution >= 4 is 0 Å². The van der Waals surface area contributed by atoms with E-state index in [4.69, 9.17) is 3.83 Å². The molecule has 0 aromatic heterocycles. The Morgan fingerprint density at radius 3 is 1.00 bits per heavy atom. The van der Waals surface area contributed by atoms with Gasteiger partial charge in [-0.05, 0) is 0 Å². The third-order valence-electron chi connectivity index (χ3n) is 0. The van der Waals surface area contributed by atoms with Crippen molar-refractivity contribution in [1.82, 2.24) is 0 Å². The van der Waals surface area contributed by atoms with Crippen LogP contribution in [0, 0.1) is 0 Å². The second kappa shape index (κ2) is 469. The van der Waals surface area contributed by atoms with Gasteiger partial charge in [-0.25, -0.2) is 0 Å². The van der Waals surface area contributed by atoms with Crippen molar-refractivity contribution in [2.45, 2.75) is 0 Å². The van der Waals surface area contributed by atoms with E-state index in [-0.39, 0.29) is 9.41 Å². The predicted octanol–water partition coefficient (Wildman–Crippen LogP) is 0.184. The van der Waals surface area contributed by atoms with E-state index in [0.717, 1.165) is 0 Å². The molecule has 0 aliphatic carbocycles. The summed E-state index contributed by atoms with van der Waals surface area (Å²) in [6.45, 7) is 0. The molecule has 0 amide bonds. The first-order valence-corrected chi connectivity index (χ1v) is 0.508. The van der Waals surface area contributed by atoms with Crippen LogP contribution in [-0.4, -0.2) is 0 Å². The number of halogens is 2. The van der Waals surface area contributed by atoms with E-state index >= 15 is 0 Å². The molecule has 0 fully saturated rings. The Bertz CT molecular complexity index is 6.00. The number of rotatable bonds is 0. The molecule has 0 spiro atoms. The summed E-state index contributed by atoms with van der Waals surface area (Å²) in [4.78, 5) is 0. The maximum absolute atomic E-state index is 7.81. The van der Waals surface area contributed by atoms with Crippen LogP contribution in [0.4, 0.5) is 9.41 Å². The molecule has 0 heterocycles. The molecule has 0 atom stereocenters. The summed E-state index contributed by atoms with van der Waals surface area (Å²) < 4.78 is 7.81. The first-order chi connectivity index (χ1) is 1.00. The van der Waals surface area contributed by atoms with Crippen molar-refractivity contribution in [2.24, 2.45) is 0 Å². The van der Waals surface area contributed by atoms with Gasteiger partial charge in [-0.15, -0.1) is 0 Å². The summed E-state index contributed by atoms with van der Waals surface area (Å²) in [7, 11) is 0. The fourth-order valence-electron chi connectivity index (χ4n) is 0. The minimum atomic E-state index is 0. The second-order valence-electron chi connectivity index (χ2n) is 0. The van der Waals surface area contributed by atoms with E-state index < -0.39 is 0 Å². The van der Waals surface area contributed by atoms with Crippen LogP contribution in [0.5, 0.6) is 0 Å². The normalized spacial score (nSPS) is 1.50. The zero-order chi connectivity index (χ0) is 2.00. The SMILES string of the molecule is F.F.[O]=[Cu]. The number of hydrogen-bond donors (Lipinski definition) is 0. The molecule has 4 heavy (non-hydrogen) atoms.